The molecule has 158 valence electrons. The highest BCUT2D eigenvalue weighted by Gasteiger charge is 2.08. The number of anilines is 2. The van der Waals surface area contributed by atoms with Gasteiger partial charge in [0.2, 0.25) is 0 Å². The molecule has 1 aromatic heterocycles. The number of para-hydroxylation sites is 1. The van der Waals surface area contributed by atoms with Crippen molar-refractivity contribution in [2.45, 2.75) is 19.3 Å². The summed E-state index contributed by atoms with van der Waals surface area (Å²) in [5.74, 6) is -0.790. The molecule has 0 aliphatic rings. The number of hydrogen-bond donors (Lipinski definition) is 3. The van der Waals surface area contributed by atoms with Crippen molar-refractivity contribution < 1.29 is 9.90 Å². The summed E-state index contributed by atoms with van der Waals surface area (Å²) >= 11 is 11.6. The van der Waals surface area contributed by atoms with Crippen molar-refractivity contribution in [1.29, 1.82) is 0 Å². The zero-order valence-electron chi connectivity index (χ0n) is 16.7. The molecule has 7 heteroatoms. The molecular formula is C24H22ClN3O2S. The van der Waals surface area contributed by atoms with Gasteiger partial charge < -0.3 is 15.7 Å². The number of carboxylic acids is 1. The fraction of sp³-hybridized carbons (Fsp3) is 0.125. The number of aliphatic carboxylic acids is 1. The number of allylic oxidation sites excluding steroid dienone is 1. The molecule has 0 aliphatic heterocycles. The lowest BCUT2D eigenvalue weighted by molar-refractivity contribution is -0.137. The fourth-order valence-electron chi connectivity index (χ4n) is 3.04. The molecule has 3 N–H and O–H groups in total. The van der Waals surface area contributed by atoms with E-state index >= 15 is 0 Å². The lowest BCUT2D eigenvalue weighted by atomic mass is 9.97. The molecule has 3 aromatic rings. The monoisotopic (exact) mass is 451 g/mol. The van der Waals surface area contributed by atoms with Crippen LogP contribution in [0.2, 0.25) is 5.02 Å². The smallest absolute Gasteiger partial charge is 0.303 e. The van der Waals surface area contributed by atoms with Crippen molar-refractivity contribution >= 4 is 51.8 Å². The second-order valence-corrected chi connectivity index (χ2v) is 7.60. The largest absolute Gasteiger partial charge is 0.481 e. The Morgan fingerprint density at radius 3 is 2.61 bits per heavy atom. The molecule has 5 nitrogen and oxygen atoms in total. The van der Waals surface area contributed by atoms with Crippen molar-refractivity contribution in [2.75, 3.05) is 10.6 Å². The zero-order chi connectivity index (χ0) is 22.1. The van der Waals surface area contributed by atoms with Crippen molar-refractivity contribution in [3.63, 3.8) is 0 Å². The summed E-state index contributed by atoms with van der Waals surface area (Å²) in [5, 5.41) is 16.2. The Labute approximate surface area is 191 Å². The van der Waals surface area contributed by atoms with Crippen LogP contribution in [0.1, 0.15) is 30.4 Å². The highest BCUT2D eigenvalue weighted by atomic mass is 35.5. The van der Waals surface area contributed by atoms with Crippen LogP contribution in [0.15, 0.2) is 79.1 Å². The molecule has 0 fully saturated rings. The predicted molar refractivity (Wildman–Crippen MR) is 131 cm³/mol. The lowest BCUT2D eigenvalue weighted by Crippen LogP contribution is -2.19. The average molecular weight is 452 g/mol. The lowest BCUT2D eigenvalue weighted by Gasteiger charge is -2.14. The van der Waals surface area contributed by atoms with E-state index in [1.165, 1.54) is 0 Å². The summed E-state index contributed by atoms with van der Waals surface area (Å²) in [6.45, 7) is 0. The molecular weight excluding hydrogens is 430 g/mol. The Morgan fingerprint density at radius 2 is 1.87 bits per heavy atom. The van der Waals surface area contributed by atoms with E-state index < -0.39 is 5.97 Å². The number of thiocarbonyl (C=S) groups is 1. The van der Waals surface area contributed by atoms with E-state index in [2.05, 4.69) is 21.7 Å². The van der Waals surface area contributed by atoms with E-state index in [1.54, 1.807) is 18.5 Å². The van der Waals surface area contributed by atoms with Gasteiger partial charge in [0.25, 0.3) is 0 Å². The van der Waals surface area contributed by atoms with Gasteiger partial charge in [0.15, 0.2) is 5.11 Å². The predicted octanol–water partition coefficient (Wildman–Crippen LogP) is 6.23. The van der Waals surface area contributed by atoms with Crippen molar-refractivity contribution in [2.24, 2.45) is 0 Å². The molecule has 1 heterocycles. The number of hydrogen-bond acceptors (Lipinski definition) is 3. The van der Waals surface area contributed by atoms with Gasteiger partial charge in [-0.1, -0.05) is 48.0 Å². The number of halogens is 1. The summed E-state index contributed by atoms with van der Waals surface area (Å²) in [6, 6.07) is 19.1. The summed E-state index contributed by atoms with van der Waals surface area (Å²) in [5.41, 5.74) is 4.49. The standard InChI is InChI=1S/C24H22ClN3O2S/c25-21-11-2-3-12-22(21)28-24(31)27-19-9-5-7-17(15-19)20(10-1-4-13-23(29)30)18-8-6-14-26-16-18/h2-3,5-12,14-16H,1,4,13H2,(H,29,30)(H2,27,28,31)/b20-10-. The number of carbonyl (C=O) groups is 1. The number of aromatic nitrogens is 1. The molecule has 0 unspecified atom stereocenters. The molecule has 0 radical (unpaired) electrons. The van der Waals surface area contributed by atoms with Gasteiger partial charge in [0.1, 0.15) is 0 Å². The second kappa shape index (κ2) is 11.2. The van der Waals surface area contributed by atoms with E-state index in [0.717, 1.165) is 28.1 Å². The first-order chi connectivity index (χ1) is 15.0. The number of benzene rings is 2. The molecule has 31 heavy (non-hydrogen) atoms. The number of nitrogens with zero attached hydrogens (tertiary/aromatic N) is 1. The summed E-state index contributed by atoms with van der Waals surface area (Å²) in [6.07, 6.45) is 6.94. The number of pyridine rings is 1. The SMILES string of the molecule is O=C(O)CCC/C=C(\c1cccnc1)c1cccc(NC(=S)Nc2ccccc2Cl)c1. The van der Waals surface area contributed by atoms with E-state index in [-0.39, 0.29) is 6.42 Å². The van der Waals surface area contributed by atoms with Crippen LogP contribution in [-0.2, 0) is 4.79 Å². The Hall–Kier alpha value is -3.22. The number of rotatable bonds is 8. The van der Waals surface area contributed by atoms with Gasteiger partial charge in [-0.05, 0) is 66.5 Å². The third-order valence-corrected chi connectivity index (χ3v) is 5.00. The Morgan fingerprint density at radius 1 is 1.06 bits per heavy atom. The van der Waals surface area contributed by atoms with Crippen LogP contribution < -0.4 is 10.6 Å². The minimum absolute atomic E-state index is 0.139. The van der Waals surface area contributed by atoms with Crippen molar-refractivity contribution in [1.82, 2.24) is 4.98 Å². The van der Waals surface area contributed by atoms with Crippen LogP contribution >= 0.6 is 23.8 Å². The number of nitrogens with one attached hydrogen (secondary N) is 2. The molecule has 2 aromatic carbocycles. The second-order valence-electron chi connectivity index (χ2n) is 6.79. The molecule has 0 bridgehead atoms. The van der Waals surface area contributed by atoms with Gasteiger partial charge in [-0.15, -0.1) is 0 Å². The zero-order valence-corrected chi connectivity index (χ0v) is 18.3. The van der Waals surface area contributed by atoms with Crippen LogP contribution in [0.25, 0.3) is 5.57 Å². The Balaban J connectivity index is 1.78. The van der Waals surface area contributed by atoms with Gasteiger partial charge in [0.05, 0.1) is 10.7 Å². The third-order valence-electron chi connectivity index (χ3n) is 4.47. The summed E-state index contributed by atoms with van der Waals surface area (Å²) in [4.78, 5) is 15.0. The van der Waals surface area contributed by atoms with E-state index in [0.29, 0.717) is 23.0 Å². The Bertz CT molecular complexity index is 1090. The number of unbranched alkanes of at least 4 members (excludes halogenated alkanes) is 1. The number of carboxylic acid groups (broad SMARTS) is 1. The van der Waals surface area contributed by atoms with Crippen LogP contribution in [0.4, 0.5) is 11.4 Å². The van der Waals surface area contributed by atoms with E-state index in [1.807, 2.05) is 54.6 Å². The first-order valence-corrected chi connectivity index (χ1v) is 10.6. The fourth-order valence-corrected chi connectivity index (χ4v) is 3.45. The van der Waals surface area contributed by atoms with Crippen LogP contribution in [-0.4, -0.2) is 21.2 Å². The molecule has 0 aliphatic carbocycles. The highest BCUT2D eigenvalue weighted by Crippen LogP contribution is 2.27. The summed E-state index contributed by atoms with van der Waals surface area (Å²) in [7, 11) is 0. The van der Waals surface area contributed by atoms with Gasteiger partial charge in [-0.2, -0.15) is 0 Å². The Kier molecular flexibility index (Phi) is 8.15. The van der Waals surface area contributed by atoms with Crippen molar-refractivity contribution in [3.05, 3.63) is 95.3 Å². The minimum atomic E-state index is -0.790. The normalized spacial score (nSPS) is 11.1. The van der Waals surface area contributed by atoms with Crippen LogP contribution in [0, 0.1) is 0 Å². The third kappa shape index (κ3) is 6.91. The molecule has 0 amide bonds. The maximum Gasteiger partial charge on any atom is 0.303 e. The highest BCUT2D eigenvalue weighted by molar-refractivity contribution is 7.80. The maximum absolute atomic E-state index is 10.8. The van der Waals surface area contributed by atoms with Gasteiger partial charge >= 0.3 is 5.97 Å². The van der Waals surface area contributed by atoms with E-state index in [9.17, 15) is 4.79 Å². The molecule has 0 saturated heterocycles. The van der Waals surface area contributed by atoms with Crippen LogP contribution in [0.5, 0.6) is 0 Å². The molecule has 0 saturated carbocycles. The van der Waals surface area contributed by atoms with Gasteiger partial charge in [-0.25, -0.2) is 0 Å². The van der Waals surface area contributed by atoms with Gasteiger partial charge in [-0.3, -0.25) is 9.78 Å². The molecule has 3 rings (SSSR count). The maximum atomic E-state index is 10.8. The first kappa shape index (κ1) is 22.5. The quantitative estimate of drug-likeness (QED) is 0.278. The van der Waals surface area contributed by atoms with E-state index in [4.69, 9.17) is 28.9 Å². The van der Waals surface area contributed by atoms with Crippen LogP contribution in [0.3, 0.4) is 0 Å². The van der Waals surface area contributed by atoms with Crippen molar-refractivity contribution in [3.8, 4) is 0 Å². The first-order valence-electron chi connectivity index (χ1n) is 9.78. The summed E-state index contributed by atoms with van der Waals surface area (Å²) < 4.78 is 0. The molecule has 0 atom stereocenters. The minimum Gasteiger partial charge on any atom is -0.481 e. The topological polar surface area (TPSA) is 74.2 Å². The molecule has 0 spiro atoms. The average Bonchev–Trinajstić information content (AvgIpc) is 2.76. The van der Waals surface area contributed by atoms with Gasteiger partial charge in [0, 0.05) is 30.1 Å².